The van der Waals surface area contributed by atoms with Gasteiger partial charge >= 0.3 is 0 Å². The number of aromatic hydroxyl groups is 1. The summed E-state index contributed by atoms with van der Waals surface area (Å²) in [5, 5.41) is 13.2. The van der Waals surface area contributed by atoms with Crippen LogP contribution in [0.4, 0.5) is 5.69 Å². The first-order valence-electron chi connectivity index (χ1n) is 9.69. The van der Waals surface area contributed by atoms with Crippen molar-refractivity contribution in [1.29, 1.82) is 0 Å². The van der Waals surface area contributed by atoms with Crippen LogP contribution in [-0.4, -0.2) is 24.2 Å². The normalized spacial score (nSPS) is 14.7. The molecule has 0 saturated carbocycles. The highest BCUT2D eigenvalue weighted by Gasteiger charge is 2.24. The second-order valence-corrected chi connectivity index (χ2v) is 6.95. The molecule has 0 spiro atoms. The number of nitrogens with one attached hydrogen (secondary N) is 1. The van der Waals surface area contributed by atoms with Gasteiger partial charge < -0.3 is 19.9 Å². The van der Waals surface area contributed by atoms with Crippen molar-refractivity contribution in [2.45, 2.75) is 18.6 Å². The Bertz CT molecular complexity index is 914. The second kappa shape index (κ2) is 8.90. The SMILES string of the molecule is O=C(Nc1cc(C2OCCCO2)ccc1O)C(c1ccccc1)c1ccccc1. The number of hydrogen-bond donors (Lipinski definition) is 2. The molecular formula is C24H23NO4. The van der Waals surface area contributed by atoms with Gasteiger partial charge in [-0.1, -0.05) is 66.7 Å². The van der Waals surface area contributed by atoms with E-state index in [-0.39, 0.29) is 11.7 Å². The molecule has 29 heavy (non-hydrogen) atoms. The minimum atomic E-state index is -0.498. The number of carbonyl (C=O) groups excluding carboxylic acids is 1. The van der Waals surface area contributed by atoms with Gasteiger partial charge in [0.25, 0.3) is 0 Å². The van der Waals surface area contributed by atoms with Crippen LogP contribution in [0.3, 0.4) is 0 Å². The molecular weight excluding hydrogens is 366 g/mol. The molecule has 3 aromatic rings. The number of amides is 1. The zero-order valence-electron chi connectivity index (χ0n) is 16.0. The predicted molar refractivity (Wildman–Crippen MR) is 111 cm³/mol. The van der Waals surface area contributed by atoms with E-state index in [9.17, 15) is 9.90 Å². The Labute approximate surface area is 169 Å². The standard InChI is InChI=1S/C24H23NO4/c26-21-13-12-19(24-28-14-7-15-29-24)16-20(21)25-23(27)22(17-8-3-1-4-9-17)18-10-5-2-6-11-18/h1-6,8-13,16,22,24,26H,7,14-15H2,(H,25,27). The molecule has 0 aliphatic carbocycles. The maximum atomic E-state index is 13.3. The lowest BCUT2D eigenvalue weighted by Crippen LogP contribution is -2.23. The Morgan fingerprint density at radius 2 is 1.48 bits per heavy atom. The van der Waals surface area contributed by atoms with E-state index in [0.717, 1.165) is 23.1 Å². The topological polar surface area (TPSA) is 67.8 Å². The summed E-state index contributed by atoms with van der Waals surface area (Å²) in [6.45, 7) is 1.24. The van der Waals surface area contributed by atoms with Crippen LogP contribution in [0.5, 0.6) is 5.75 Å². The van der Waals surface area contributed by atoms with Crippen LogP contribution < -0.4 is 5.32 Å². The Balaban J connectivity index is 1.62. The smallest absolute Gasteiger partial charge is 0.236 e. The van der Waals surface area contributed by atoms with Crippen LogP contribution in [0, 0.1) is 0 Å². The van der Waals surface area contributed by atoms with E-state index < -0.39 is 12.2 Å². The molecule has 5 nitrogen and oxygen atoms in total. The van der Waals surface area contributed by atoms with Crippen LogP contribution >= 0.6 is 0 Å². The lowest BCUT2D eigenvalue weighted by Gasteiger charge is -2.24. The van der Waals surface area contributed by atoms with E-state index >= 15 is 0 Å². The minimum Gasteiger partial charge on any atom is -0.506 e. The number of phenols is 1. The zero-order chi connectivity index (χ0) is 20.1. The Morgan fingerprint density at radius 1 is 0.897 bits per heavy atom. The first-order chi connectivity index (χ1) is 14.2. The zero-order valence-corrected chi connectivity index (χ0v) is 16.0. The number of benzene rings is 3. The highest BCUT2D eigenvalue weighted by Crippen LogP contribution is 2.32. The van der Waals surface area contributed by atoms with Gasteiger partial charge in [-0.2, -0.15) is 0 Å². The molecule has 1 aliphatic rings. The molecule has 1 heterocycles. The summed E-state index contributed by atoms with van der Waals surface area (Å²) in [4.78, 5) is 13.3. The van der Waals surface area contributed by atoms with E-state index in [1.54, 1.807) is 18.2 Å². The summed E-state index contributed by atoms with van der Waals surface area (Å²) in [7, 11) is 0. The third-order valence-electron chi connectivity index (χ3n) is 4.91. The van der Waals surface area contributed by atoms with Crippen molar-refractivity contribution in [2.24, 2.45) is 0 Å². The van der Waals surface area contributed by atoms with Crippen LogP contribution in [0.15, 0.2) is 78.9 Å². The van der Waals surface area contributed by atoms with E-state index in [2.05, 4.69) is 5.32 Å². The molecule has 1 fully saturated rings. The molecule has 0 bridgehead atoms. The number of ether oxygens (including phenoxy) is 2. The molecule has 3 aromatic carbocycles. The van der Waals surface area contributed by atoms with Gasteiger partial charge in [0.2, 0.25) is 5.91 Å². The van der Waals surface area contributed by atoms with Gasteiger partial charge in [-0.3, -0.25) is 4.79 Å². The lowest BCUT2D eigenvalue weighted by molar-refractivity contribution is -0.183. The maximum Gasteiger partial charge on any atom is 0.236 e. The van der Waals surface area contributed by atoms with Crippen LogP contribution in [0.1, 0.15) is 35.3 Å². The predicted octanol–water partition coefficient (Wildman–Crippen LogP) is 4.60. The van der Waals surface area contributed by atoms with Crippen molar-refractivity contribution in [3.05, 3.63) is 95.6 Å². The molecule has 1 amide bonds. The Kier molecular flexibility index (Phi) is 5.89. The Hall–Kier alpha value is -3.15. The van der Waals surface area contributed by atoms with Crippen LogP contribution in [0.25, 0.3) is 0 Å². The fourth-order valence-corrected chi connectivity index (χ4v) is 3.47. The average Bonchev–Trinajstić information content (AvgIpc) is 2.77. The molecule has 4 rings (SSSR count). The van der Waals surface area contributed by atoms with E-state index in [1.165, 1.54) is 0 Å². The molecule has 0 aromatic heterocycles. The average molecular weight is 389 g/mol. The van der Waals surface area contributed by atoms with Gasteiger partial charge in [0.1, 0.15) is 5.75 Å². The molecule has 0 radical (unpaired) electrons. The number of carbonyl (C=O) groups is 1. The number of phenolic OH excluding ortho intramolecular Hbond substituents is 1. The fraction of sp³-hybridized carbons (Fsp3) is 0.208. The van der Waals surface area contributed by atoms with Crippen molar-refractivity contribution in [3.8, 4) is 5.75 Å². The van der Waals surface area contributed by atoms with Gasteiger partial charge in [-0.25, -0.2) is 0 Å². The van der Waals surface area contributed by atoms with Crippen LogP contribution in [0.2, 0.25) is 0 Å². The van der Waals surface area contributed by atoms with Crippen molar-refractivity contribution in [3.63, 3.8) is 0 Å². The van der Waals surface area contributed by atoms with Gasteiger partial charge in [0.15, 0.2) is 6.29 Å². The summed E-state index contributed by atoms with van der Waals surface area (Å²) in [6, 6.07) is 24.2. The summed E-state index contributed by atoms with van der Waals surface area (Å²) in [5.41, 5.74) is 2.85. The highest BCUT2D eigenvalue weighted by molar-refractivity contribution is 5.99. The summed E-state index contributed by atoms with van der Waals surface area (Å²) < 4.78 is 11.3. The monoisotopic (exact) mass is 389 g/mol. The van der Waals surface area contributed by atoms with Crippen molar-refractivity contribution < 1.29 is 19.4 Å². The minimum absolute atomic E-state index is 0.00205. The fourth-order valence-electron chi connectivity index (χ4n) is 3.47. The van der Waals surface area contributed by atoms with E-state index in [4.69, 9.17) is 9.47 Å². The van der Waals surface area contributed by atoms with E-state index in [0.29, 0.717) is 18.9 Å². The van der Waals surface area contributed by atoms with Crippen molar-refractivity contribution in [1.82, 2.24) is 0 Å². The van der Waals surface area contributed by atoms with Crippen molar-refractivity contribution in [2.75, 3.05) is 18.5 Å². The summed E-state index contributed by atoms with van der Waals surface area (Å²) in [5.74, 6) is -0.722. The number of anilines is 1. The third kappa shape index (κ3) is 4.47. The van der Waals surface area contributed by atoms with Gasteiger partial charge in [0.05, 0.1) is 24.8 Å². The molecule has 0 atom stereocenters. The molecule has 148 valence electrons. The Morgan fingerprint density at radius 3 is 2.07 bits per heavy atom. The quantitative estimate of drug-likeness (QED) is 0.626. The van der Waals surface area contributed by atoms with Gasteiger partial charge in [0, 0.05) is 5.56 Å². The van der Waals surface area contributed by atoms with Crippen molar-refractivity contribution >= 4 is 11.6 Å². The number of rotatable bonds is 5. The molecule has 1 saturated heterocycles. The lowest BCUT2D eigenvalue weighted by atomic mass is 9.90. The first kappa shape index (κ1) is 19.2. The molecule has 0 unspecified atom stereocenters. The van der Waals surface area contributed by atoms with Crippen LogP contribution in [-0.2, 0) is 14.3 Å². The van der Waals surface area contributed by atoms with Gasteiger partial charge in [-0.05, 0) is 29.7 Å². The van der Waals surface area contributed by atoms with Gasteiger partial charge in [-0.15, -0.1) is 0 Å². The number of hydrogen-bond acceptors (Lipinski definition) is 4. The summed E-state index contributed by atoms with van der Waals surface area (Å²) in [6.07, 6.45) is 0.368. The maximum absolute atomic E-state index is 13.3. The molecule has 5 heteroatoms. The molecule has 2 N–H and O–H groups in total. The summed E-state index contributed by atoms with van der Waals surface area (Å²) >= 11 is 0. The largest absolute Gasteiger partial charge is 0.506 e. The van der Waals surface area contributed by atoms with E-state index in [1.807, 2.05) is 60.7 Å². The highest BCUT2D eigenvalue weighted by atomic mass is 16.7. The third-order valence-corrected chi connectivity index (χ3v) is 4.91. The second-order valence-electron chi connectivity index (χ2n) is 6.95. The molecule has 1 aliphatic heterocycles. The first-order valence-corrected chi connectivity index (χ1v) is 9.69.